The second-order valence-corrected chi connectivity index (χ2v) is 6.77. The molecule has 1 atom stereocenters. The Hall–Kier alpha value is -3.13. The Morgan fingerprint density at radius 3 is 2.08 bits per heavy atom. The highest BCUT2D eigenvalue weighted by molar-refractivity contribution is 6.18. The van der Waals surface area contributed by atoms with Gasteiger partial charge in [-0.1, -0.05) is 78.9 Å². The van der Waals surface area contributed by atoms with Crippen LogP contribution in [0.3, 0.4) is 0 Å². The molecule has 1 aliphatic rings. The third kappa shape index (κ3) is 2.64. The number of rotatable bonds is 3. The normalized spacial score (nSPS) is 16.6. The first-order chi connectivity index (χ1) is 12.9. The second-order valence-electron chi connectivity index (χ2n) is 6.77. The molecule has 126 valence electrons. The Kier molecular flexibility index (Phi) is 3.67. The van der Waals surface area contributed by atoms with Crippen LogP contribution in [0.1, 0.15) is 11.1 Å². The highest BCUT2D eigenvalue weighted by atomic mass is 16.5. The first kappa shape index (κ1) is 15.2. The smallest absolute Gasteiger partial charge is 0.217 e. The van der Waals surface area contributed by atoms with Gasteiger partial charge in [0.25, 0.3) is 0 Å². The molecule has 0 saturated carbocycles. The highest BCUT2D eigenvalue weighted by Gasteiger charge is 2.24. The summed E-state index contributed by atoms with van der Waals surface area (Å²) in [4.78, 5) is 4.78. The van der Waals surface area contributed by atoms with Gasteiger partial charge in [-0.15, -0.1) is 0 Å². The summed E-state index contributed by atoms with van der Waals surface area (Å²) in [5, 5.41) is 4.84. The lowest BCUT2D eigenvalue weighted by atomic mass is 9.96. The summed E-state index contributed by atoms with van der Waals surface area (Å²) >= 11 is 0. The third-order valence-electron chi connectivity index (χ3n) is 5.01. The van der Waals surface area contributed by atoms with Crippen LogP contribution in [0.15, 0.2) is 89.9 Å². The van der Waals surface area contributed by atoms with Crippen molar-refractivity contribution in [1.82, 2.24) is 0 Å². The van der Waals surface area contributed by atoms with Crippen molar-refractivity contribution >= 4 is 27.4 Å². The van der Waals surface area contributed by atoms with E-state index in [2.05, 4.69) is 78.9 Å². The van der Waals surface area contributed by atoms with Gasteiger partial charge in [0.05, 0.1) is 12.1 Å². The van der Waals surface area contributed by atoms with Crippen LogP contribution in [0.2, 0.25) is 0 Å². The first-order valence-electron chi connectivity index (χ1n) is 9.04. The molecule has 1 aliphatic heterocycles. The lowest BCUT2D eigenvalue weighted by molar-refractivity contribution is 0.225. The van der Waals surface area contributed by atoms with Gasteiger partial charge < -0.3 is 4.74 Å². The number of benzene rings is 4. The SMILES string of the molecule is c1ccc(C[C@H]2CN=C(c3c4ccccc4cc4ccccc34)O2)cc1. The average Bonchev–Trinajstić information content (AvgIpc) is 3.14. The molecule has 4 aromatic carbocycles. The minimum Gasteiger partial charge on any atom is -0.472 e. The Morgan fingerprint density at radius 1 is 0.769 bits per heavy atom. The van der Waals surface area contributed by atoms with Crippen molar-refractivity contribution in [3.05, 3.63) is 96.1 Å². The lowest BCUT2D eigenvalue weighted by Crippen LogP contribution is -2.17. The second kappa shape index (κ2) is 6.30. The Balaban J connectivity index is 1.56. The van der Waals surface area contributed by atoms with Gasteiger partial charge in [0.15, 0.2) is 0 Å². The van der Waals surface area contributed by atoms with Gasteiger partial charge in [0, 0.05) is 6.42 Å². The minimum atomic E-state index is 0.102. The minimum absolute atomic E-state index is 0.102. The number of ether oxygens (including phenoxy) is 1. The summed E-state index contributed by atoms with van der Waals surface area (Å²) in [6, 6.07) is 29.7. The van der Waals surface area contributed by atoms with Crippen molar-refractivity contribution in [3.8, 4) is 0 Å². The number of aliphatic imine (C=N–C) groups is 1. The molecule has 0 N–H and O–H groups in total. The molecule has 26 heavy (non-hydrogen) atoms. The van der Waals surface area contributed by atoms with E-state index in [4.69, 9.17) is 9.73 Å². The van der Waals surface area contributed by atoms with Gasteiger partial charge in [-0.05, 0) is 33.2 Å². The summed E-state index contributed by atoms with van der Waals surface area (Å²) in [6.45, 7) is 0.710. The van der Waals surface area contributed by atoms with Crippen LogP contribution in [0.5, 0.6) is 0 Å². The van der Waals surface area contributed by atoms with E-state index in [9.17, 15) is 0 Å². The monoisotopic (exact) mass is 337 g/mol. The third-order valence-corrected chi connectivity index (χ3v) is 5.01. The Morgan fingerprint density at radius 2 is 1.38 bits per heavy atom. The fourth-order valence-corrected chi connectivity index (χ4v) is 3.78. The molecular formula is C24H19NO. The molecular weight excluding hydrogens is 318 g/mol. The van der Waals surface area contributed by atoms with Crippen LogP contribution in [0.25, 0.3) is 21.5 Å². The molecule has 0 amide bonds. The lowest BCUT2D eigenvalue weighted by Gasteiger charge is -2.14. The van der Waals surface area contributed by atoms with Crippen LogP contribution >= 0.6 is 0 Å². The maximum Gasteiger partial charge on any atom is 0.217 e. The summed E-state index contributed by atoms with van der Waals surface area (Å²) in [6.07, 6.45) is 0.987. The molecule has 0 bridgehead atoms. The molecule has 0 aromatic heterocycles. The van der Waals surface area contributed by atoms with Crippen molar-refractivity contribution in [2.75, 3.05) is 6.54 Å². The van der Waals surface area contributed by atoms with Gasteiger partial charge in [0.1, 0.15) is 6.10 Å². The largest absolute Gasteiger partial charge is 0.472 e. The predicted molar refractivity (Wildman–Crippen MR) is 108 cm³/mol. The zero-order valence-electron chi connectivity index (χ0n) is 14.4. The maximum atomic E-state index is 6.32. The van der Waals surface area contributed by atoms with Gasteiger partial charge in [-0.2, -0.15) is 0 Å². The van der Waals surface area contributed by atoms with Crippen molar-refractivity contribution in [3.63, 3.8) is 0 Å². The standard InChI is InChI=1S/C24H19NO/c1-2-8-17(9-3-1)14-20-16-25-24(26-20)23-21-12-6-4-10-18(21)15-19-11-5-7-13-22(19)23/h1-13,15,20H,14,16H2/t20-/m0/s1. The van der Waals surface area contributed by atoms with Crippen LogP contribution in [-0.2, 0) is 11.2 Å². The molecule has 0 unspecified atom stereocenters. The number of nitrogens with zero attached hydrogens (tertiary/aromatic N) is 1. The zero-order valence-corrected chi connectivity index (χ0v) is 14.4. The van der Waals surface area contributed by atoms with Gasteiger partial charge in [-0.3, -0.25) is 0 Å². The number of hydrogen-bond acceptors (Lipinski definition) is 2. The molecule has 0 saturated heterocycles. The molecule has 0 radical (unpaired) electrons. The summed E-state index contributed by atoms with van der Waals surface area (Å²) in [5.74, 6) is 0.777. The van der Waals surface area contributed by atoms with E-state index in [1.807, 2.05) is 6.07 Å². The molecule has 2 heteroatoms. The summed E-state index contributed by atoms with van der Waals surface area (Å²) < 4.78 is 6.32. The van der Waals surface area contributed by atoms with Gasteiger partial charge in [-0.25, -0.2) is 4.99 Å². The molecule has 5 rings (SSSR count). The number of hydrogen-bond donors (Lipinski definition) is 0. The van der Waals surface area contributed by atoms with Crippen LogP contribution < -0.4 is 0 Å². The fraction of sp³-hybridized carbons (Fsp3) is 0.125. The van der Waals surface area contributed by atoms with Crippen molar-refractivity contribution < 1.29 is 4.74 Å². The molecule has 0 spiro atoms. The summed E-state index contributed by atoms with van der Waals surface area (Å²) in [5.41, 5.74) is 2.41. The van der Waals surface area contributed by atoms with Crippen molar-refractivity contribution in [2.24, 2.45) is 4.99 Å². The van der Waals surface area contributed by atoms with E-state index in [1.165, 1.54) is 27.1 Å². The van der Waals surface area contributed by atoms with Crippen molar-refractivity contribution in [2.45, 2.75) is 12.5 Å². The highest BCUT2D eigenvalue weighted by Crippen LogP contribution is 2.31. The molecule has 1 heterocycles. The number of fused-ring (bicyclic) bond motifs is 2. The van der Waals surface area contributed by atoms with E-state index < -0.39 is 0 Å². The fourth-order valence-electron chi connectivity index (χ4n) is 3.78. The first-order valence-corrected chi connectivity index (χ1v) is 9.04. The maximum absolute atomic E-state index is 6.32. The van der Waals surface area contributed by atoms with Crippen molar-refractivity contribution in [1.29, 1.82) is 0 Å². The van der Waals surface area contributed by atoms with Crippen LogP contribution in [0.4, 0.5) is 0 Å². The topological polar surface area (TPSA) is 21.6 Å². The van der Waals surface area contributed by atoms with Gasteiger partial charge >= 0.3 is 0 Å². The predicted octanol–water partition coefficient (Wildman–Crippen LogP) is 5.38. The van der Waals surface area contributed by atoms with E-state index in [0.29, 0.717) is 6.54 Å². The van der Waals surface area contributed by atoms with E-state index in [-0.39, 0.29) is 6.10 Å². The summed E-state index contributed by atoms with van der Waals surface area (Å²) in [7, 11) is 0. The molecule has 0 fully saturated rings. The average molecular weight is 337 g/mol. The molecule has 4 aromatic rings. The Bertz CT molecular complexity index is 1060. The molecule has 2 nitrogen and oxygen atoms in total. The quantitative estimate of drug-likeness (QED) is 0.460. The molecule has 0 aliphatic carbocycles. The van der Waals surface area contributed by atoms with E-state index in [1.54, 1.807) is 0 Å². The Labute approximate surface area is 152 Å². The van der Waals surface area contributed by atoms with Gasteiger partial charge in [0.2, 0.25) is 5.90 Å². The van der Waals surface area contributed by atoms with E-state index >= 15 is 0 Å². The van der Waals surface area contributed by atoms with E-state index in [0.717, 1.165) is 17.9 Å². The zero-order chi connectivity index (χ0) is 17.3. The van der Waals surface area contributed by atoms with Crippen LogP contribution in [0, 0.1) is 0 Å². The van der Waals surface area contributed by atoms with Crippen LogP contribution in [-0.4, -0.2) is 18.5 Å².